The molecule has 0 saturated heterocycles. The molecule has 0 saturated carbocycles. The summed E-state index contributed by atoms with van der Waals surface area (Å²) in [5.74, 6) is 0.283. The van der Waals surface area contributed by atoms with E-state index in [-0.39, 0.29) is 5.92 Å². The second-order valence-electron chi connectivity index (χ2n) is 3.40. The van der Waals surface area contributed by atoms with Gasteiger partial charge in [0, 0.05) is 19.5 Å². The maximum absolute atomic E-state index is 11.2. The Morgan fingerprint density at radius 3 is 2.50 bits per heavy atom. The molecule has 0 bridgehead atoms. The maximum atomic E-state index is 11.2. The lowest BCUT2D eigenvalue weighted by Crippen LogP contribution is -2.38. The number of unbranched alkanes of at least 4 members (excludes halogenated alkanes) is 1. The van der Waals surface area contributed by atoms with E-state index >= 15 is 0 Å². The smallest absolute Gasteiger partial charge is 0.202 e. The van der Waals surface area contributed by atoms with Gasteiger partial charge in [0.05, 0.1) is 6.07 Å². The van der Waals surface area contributed by atoms with Crippen molar-refractivity contribution in [1.82, 2.24) is 9.44 Å². The highest BCUT2D eigenvalue weighted by Crippen LogP contribution is 1.90. The van der Waals surface area contributed by atoms with Gasteiger partial charge in [0.1, 0.15) is 0 Å². The lowest BCUT2D eigenvalue weighted by Gasteiger charge is -2.08. The van der Waals surface area contributed by atoms with Crippen LogP contribution in [0, 0.1) is 17.2 Å². The van der Waals surface area contributed by atoms with Crippen molar-refractivity contribution in [2.75, 3.05) is 13.1 Å². The van der Waals surface area contributed by atoms with E-state index in [0.717, 1.165) is 0 Å². The summed E-state index contributed by atoms with van der Waals surface area (Å²) in [6, 6.07) is 1.95. The summed E-state index contributed by atoms with van der Waals surface area (Å²) in [7, 11) is -3.37. The minimum atomic E-state index is -3.37. The van der Waals surface area contributed by atoms with Gasteiger partial charge in [0.25, 0.3) is 10.2 Å². The topological polar surface area (TPSA) is 82.0 Å². The van der Waals surface area contributed by atoms with Crippen molar-refractivity contribution < 1.29 is 8.42 Å². The molecule has 14 heavy (non-hydrogen) atoms. The SMILES string of the molecule is CC(C)CNS(=O)(=O)NCCCC#N. The molecule has 0 amide bonds. The largest absolute Gasteiger partial charge is 0.276 e. The quantitative estimate of drug-likeness (QED) is 0.607. The van der Waals surface area contributed by atoms with Crippen LogP contribution in [0.1, 0.15) is 26.7 Å². The maximum Gasteiger partial charge on any atom is 0.276 e. The van der Waals surface area contributed by atoms with Crippen LogP contribution in [-0.2, 0) is 10.2 Å². The number of hydrogen-bond acceptors (Lipinski definition) is 3. The first kappa shape index (κ1) is 13.4. The van der Waals surface area contributed by atoms with Gasteiger partial charge < -0.3 is 0 Å². The van der Waals surface area contributed by atoms with Gasteiger partial charge in [0.2, 0.25) is 0 Å². The Kier molecular flexibility index (Phi) is 6.45. The summed E-state index contributed by atoms with van der Waals surface area (Å²) in [6.45, 7) is 4.59. The van der Waals surface area contributed by atoms with Crippen LogP contribution >= 0.6 is 0 Å². The Morgan fingerprint density at radius 1 is 1.36 bits per heavy atom. The second kappa shape index (κ2) is 6.76. The highest BCUT2D eigenvalue weighted by molar-refractivity contribution is 7.87. The summed E-state index contributed by atoms with van der Waals surface area (Å²) < 4.78 is 27.2. The summed E-state index contributed by atoms with van der Waals surface area (Å²) in [6.07, 6.45) is 0.909. The van der Waals surface area contributed by atoms with Gasteiger partial charge >= 0.3 is 0 Å². The Bertz CT molecular complexity index is 279. The molecule has 0 radical (unpaired) electrons. The lowest BCUT2D eigenvalue weighted by molar-refractivity contribution is 0.546. The fourth-order valence-electron chi connectivity index (χ4n) is 0.701. The molecule has 0 aromatic heterocycles. The molecule has 6 heteroatoms. The zero-order valence-electron chi connectivity index (χ0n) is 8.58. The van der Waals surface area contributed by atoms with Gasteiger partial charge in [-0.2, -0.15) is 13.7 Å². The molecule has 0 unspecified atom stereocenters. The van der Waals surface area contributed by atoms with Crippen molar-refractivity contribution in [2.45, 2.75) is 26.7 Å². The first-order valence-corrected chi connectivity index (χ1v) is 6.07. The van der Waals surface area contributed by atoms with Gasteiger partial charge in [-0.25, -0.2) is 9.44 Å². The monoisotopic (exact) mass is 219 g/mol. The van der Waals surface area contributed by atoms with E-state index in [1.54, 1.807) is 0 Å². The van der Waals surface area contributed by atoms with Crippen molar-refractivity contribution >= 4 is 10.2 Å². The van der Waals surface area contributed by atoms with Crippen LogP contribution in [0.2, 0.25) is 0 Å². The van der Waals surface area contributed by atoms with E-state index in [0.29, 0.717) is 25.9 Å². The molecular weight excluding hydrogens is 202 g/mol. The van der Waals surface area contributed by atoms with E-state index in [9.17, 15) is 8.42 Å². The molecule has 0 fully saturated rings. The zero-order chi connectivity index (χ0) is 11.0. The van der Waals surface area contributed by atoms with Crippen LogP contribution in [0.15, 0.2) is 0 Å². The number of hydrogen-bond donors (Lipinski definition) is 2. The average molecular weight is 219 g/mol. The fourth-order valence-corrected chi connectivity index (χ4v) is 1.77. The number of rotatable bonds is 7. The lowest BCUT2D eigenvalue weighted by atomic mass is 10.2. The van der Waals surface area contributed by atoms with Gasteiger partial charge in [-0.3, -0.25) is 0 Å². The van der Waals surface area contributed by atoms with E-state index in [1.807, 2.05) is 19.9 Å². The minimum absolute atomic E-state index is 0.283. The molecule has 0 heterocycles. The summed E-state index contributed by atoms with van der Waals surface area (Å²) in [5, 5.41) is 8.23. The van der Waals surface area contributed by atoms with Crippen molar-refractivity contribution in [3.05, 3.63) is 0 Å². The number of nitrogens with one attached hydrogen (secondary N) is 2. The van der Waals surface area contributed by atoms with E-state index in [2.05, 4.69) is 9.44 Å². The van der Waals surface area contributed by atoms with Crippen molar-refractivity contribution in [3.8, 4) is 6.07 Å². The predicted molar refractivity (Wildman–Crippen MR) is 54.6 cm³/mol. The number of nitrogens with zero attached hydrogens (tertiary/aromatic N) is 1. The Labute approximate surface area is 85.7 Å². The Hall–Kier alpha value is -0.640. The minimum Gasteiger partial charge on any atom is -0.202 e. The Balaban J connectivity index is 3.69. The fraction of sp³-hybridized carbons (Fsp3) is 0.875. The van der Waals surface area contributed by atoms with Crippen molar-refractivity contribution in [2.24, 2.45) is 5.92 Å². The van der Waals surface area contributed by atoms with Crippen LogP contribution in [0.5, 0.6) is 0 Å². The van der Waals surface area contributed by atoms with Crippen LogP contribution in [-0.4, -0.2) is 21.5 Å². The molecule has 0 aliphatic carbocycles. The second-order valence-corrected chi connectivity index (χ2v) is 4.99. The molecule has 0 rings (SSSR count). The molecule has 0 aliphatic heterocycles. The van der Waals surface area contributed by atoms with Gasteiger partial charge in [-0.15, -0.1) is 0 Å². The molecule has 0 aliphatic rings. The standard InChI is InChI=1S/C8H17N3O2S/c1-8(2)7-11-14(12,13)10-6-4-3-5-9/h8,10-11H,3-4,6-7H2,1-2H3. The summed E-state index contributed by atoms with van der Waals surface area (Å²) >= 11 is 0. The third kappa shape index (κ3) is 7.98. The van der Waals surface area contributed by atoms with Gasteiger partial charge in [0.15, 0.2) is 0 Å². The molecule has 0 atom stereocenters. The molecular formula is C8H17N3O2S. The van der Waals surface area contributed by atoms with Crippen LogP contribution < -0.4 is 9.44 Å². The molecule has 0 spiro atoms. The first-order valence-electron chi connectivity index (χ1n) is 4.59. The summed E-state index contributed by atoms with van der Waals surface area (Å²) in [4.78, 5) is 0. The zero-order valence-corrected chi connectivity index (χ0v) is 9.39. The van der Waals surface area contributed by atoms with Crippen LogP contribution in [0.3, 0.4) is 0 Å². The first-order chi connectivity index (χ1) is 6.48. The molecule has 2 N–H and O–H groups in total. The molecule has 5 nitrogen and oxygen atoms in total. The van der Waals surface area contributed by atoms with Crippen LogP contribution in [0.25, 0.3) is 0 Å². The Morgan fingerprint density at radius 2 is 2.00 bits per heavy atom. The van der Waals surface area contributed by atoms with Crippen molar-refractivity contribution in [3.63, 3.8) is 0 Å². The highest BCUT2D eigenvalue weighted by Gasteiger charge is 2.08. The van der Waals surface area contributed by atoms with Gasteiger partial charge in [-0.1, -0.05) is 13.8 Å². The van der Waals surface area contributed by atoms with E-state index in [1.165, 1.54) is 0 Å². The van der Waals surface area contributed by atoms with E-state index < -0.39 is 10.2 Å². The third-order valence-electron chi connectivity index (χ3n) is 1.44. The molecule has 0 aromatic rings. The summed E-state index contributed by atoms with van der Waals surface area (Å²) in [5.41, 5.74) is 0. The van der Waals surface area contributed by atoms with Crippen LogP contribution in [0.4, 0.5) is 0 Å². The third-order valence-corrected chi connectivity index (χ3v) is 2.57. The molecule has 82 valence electrons. The van der Waals surface area contributed by atoms with Crippen molar-refractivity contribution in [1.29, 1.82) is 5.26 Å². The van der Waals surface area contributed by atoms with Gasteiger partial charge in [-0.05, 0) is 12.3 Å². The number of nitriles is 1. The van der Waals surface area contributed by atoms with E-state index in [4.69, 9.17) is 5.26 Å². The molecule has 0 aromatic carbocycles. The average Bonchev–Trinajstić information content (AvgIpc) is 2.10. The predicted octanol–water partition coefficient (Wildman–Crippen LogP) is 0.370. The highest BCUT2D eigenvalue weighted by atomic mass is 32.2. The normalized spacial score (nSPS) is 11.6.